The fraction of sp³-hybridized carbons (Fsp3) is 0.150. The van der Waals surface area contributed by atoms with E-state index in [-0.39, 0.29) is 91.4 Å². The summed E-state index contributed by atoms with van der Waals surface area (Å²) in [7, 11) is -1.10. The van der Waals surface area contributed by atoms with Crippen molar-refractivity contribution in [3.8, 4) is 111 Å². The molecule has 0 fully saturated rings. The molecule has 588 valence electrons. The summed E-state index contributed by atoms with van der Waals surface area (Å²) in [5, 5.41) is 18.4. The Labute approximate surface area is 833 Å². The maximum absolute atomic E-state index is 5.88. The van der Waals surface area contributed by atoms with Crippen molar-refractivity contribution in [3.05, 3.63) is 282 Å². The van der Waals surface area contributed by atoms with Gasteiger partial charge >= 0.3 is 641 Å². The molecular weight excluding hydrogens is 2290 g/mol. The molecular formula is C100H88Br2ClFKPdSe7Si4Zn-. The Hall–Kier alpha value is -3.39. The van der Waals surface area contributed by atoms with E-state index in [0.717, 1.165) is 70.4 Å². The quantitative estimate of drug-likeness (QED) is 0.0713. The van der Waals surface area contributed by atoms with E-state index in [1.54, 1.807) is 8.52 Å². The molecule has 0 saturated carbocycles. The number of hydrogen-bond acceptors (Lipinski definition) is 0. The van der Waals surface area contributed by atoms with E-state index in [1.807, 2.05) is 12.1 Å². The molecule has 0 aliphatic carbocycles. The van der Waals surface area contributed by atoms with E-state index in [1.165, 1.54) is 114 Å². The van der Waals surface area contributed by atoms with Gasteiger partial charge in [-0.2, -0.15) is 0 Å². The van der Waals surface area contributed by atoms with Crippen LogP contribution in [-0.2, 0) is 37.7 Å². The van der Waals surface area contributed by atoms with Gasteiger partial charge in [0.1, 0.15) is 16.1 Å². The summed E-state index contributed by atoms with van der Waals surface area (Å²) in [6.07, 6.45) is 11.8. The zero-order valence-electron chi connectivity index (χ0n) is 68.4. The van der Waals surface area contributed by atoms with E-state index >= 15 is 0 Å². The van der Waals surface area contributed by atoms with Crippen molar-refractivity contribution in [2.24, 2.45) is 0 Å². The second-order valence-corrected chi connectivity index (χ2v) is 66.6. The van der Waals surface area contributed by atoms with Crippen LogP contribution in [0.4, 0.5) is 0 Å². The van der Waals surface area contributed by atoms with Gasteiger partial charge in [0.25, 0.3) is 0 Å². The fourth-order valence-corrected chi connectivity index (χ4v) is 27.5. The van der Waals surface area contributed by atoms with E-state index in [9.17, 15) is 0 Å². The number of rotatable bonds is 4. The van der Waals surface area contributed by atoms with Crippen molar-refractivity contribution < 1.29 is 93.8 Å². The molecule has 0 N–H and O–H groups in total. The molecule has 7 heterocycles. The summed E-state index contributed by atoms with van der Waals surface area (Å²) in [5.74, 6) is 20.0. The molecule has 0 amide bonds. The first-order valence-electron chi connectivity index (χ1n) is 36.8. The Morgan fingerprint density at radius 3 is 0.890 bits per heavy atom. The molecule has 0 aliphatic rings. The first kappa shape index (κ1) is 102. The molecule has 0 saturated heterocycles. The number of fused-ring (bicyclic) bond motifs is 12. The third-order valence-electron chi connectivity index (χ3n) is 18.0. The molecule has 0 nitrogen and oxygen atoms in total. The predicted octanol–water partition coefficient (Wildman–Crippen LogP) is 20.3. The van der Waals surface area contributed by atoms with Gasteiger partial charge in [-0.05, 0) is 54.8 Å². The molecule has 0 radical (unpaired) electrons. The van der Waals surface area contributed by atoms with Crippen molar-refractivity contribution in [1.29, 1.82) is 0 Å². The first-order chi connectivity index (χ1) is 54.1. The molecule has 17 rings (SSSR count). The summed E-state index contributed by atoms with van der Waals surface area (Å²) >= 11 is 11.2. The maximum atomic E-state index is 5.88. The molecule has 0 bridgehead atoms. The zero-order valence-corrected chi connectivity index (χ0v) is 96.0. The Morgan fingerprint density at radius 1 is 0.356 bits per heavy atom. The minimum atomic E-state index is -1.50. The SMILES string of the molecule is C.C#Cc1c(-c2ccc[se]2)ccc2c(C#C)c(-c3ccc[se]3)ccc12.C[Si](C)(C)C#Cc1c(-c2ccc[se]2)ccc2c(C#C[Si](C)(C)C)c(-c3ccc[se]3)ccc12.C[Si](C)(C)C#Cc1c(Br)ccc2c(C#C[Si](C)(C)C)c(Br)ccc12.Cc1cc2ccc3c4ccc5c(ccc6cc(C)[se]c65)c4ccc3c2[se]1.[CH3-].[Cl][Zn+].[F-].[K+].[Pd].[c-]1ccc[se]1. The van der Waals surface area contributed by atoms with Crippen LogP contribution in [0, 0.1) is 96.8 Å². The van der Waals surface area contributed by atoms with Gasteiger partial charge in [0, 0.05) is 40.5 Å². The standard InChI is InChI=1S/C28H28Se2Si2.C24H16Se2.C22H12Se2.C20H22Br2Si2.C4H3Se.CH4.CH3.ClH.FH.K.Pd.Zn/c1-31(2,3)19-15-23-21-11-14-26(28-10-8-18-30-28)24(16-20-32(4,5)6)22(21)12-13-25(23)27-9-7-17-29-27;1-13-11-15-3-5-19-17-8-10-22-20(6-4-16-12-14(2)26-24(16)22)18(17)7-9-21(19)23(15)25-13;1-3-15-17-9-12-20(22-8-6-14-24-22)16(4-2)18(17)10-11-19(15)21-7-5-13-23-21;1-23(2,3)13-11-17-15-7-10-20(22)18(12-14-24(4,5)6)16(15)8-9-19(17)21;1-2-4-5-3-1;;;;;;;/h7-14,17-18H,1-6H3;3-12H,1-2H3;1-2,5-14H;7-10H,1-6H3;1-3H;1H4;1H3;2*1H;;;/q;;;;-1;;-1;;;+1;;+2/p-2. The molecule has 7 aromatic heterocycles. The molecule has 17 aromatic rings. The fourth-order valence-electron chi connectivity index (χ4n) is 13.0. The molecule has 0 atom stereocenters. The van der Waals surface area contributed by atoms with Gasteiger partial charge in [-0.25, -0.2) is 0 Å². The van der Waals surface area contributed by atoms with Crippen LogP contribution >= 0.6 is 41.6 Å². The van der Waals surface area contributed by atoms with Gasteiger partial charge in [0.15, 0.2) is 0 Å². The molecule has 10 aromatic carbocycles. The number of aryl methyl sites for hydroxylation is 2. The van der Waals surface area contributed by atoms with E-state index in [4.69, 9.17) is 22.5 Å². The van der Waals surface area contributed by atoms with Gasteiger partial charge < -0.3 is 12.1 Å². The van der Waals surface area contributed by atoms with Crippen LogP contribution in [-0.4, -0.2) is 134 Å². The molecule has 0 unspecified atom stereocenters. The normalized spacial score (nSPS) is 10.7. The Morgan fingerprint density at radius 2 is 0.619 bits per heavy atom. The van der Waals surface area contributed by atoms with Crippen LogP contribution in [0.1, 0.15) is 49.7 Å². The van der Waals surface area contributed by atoms with Crippen molar-refractivity contribution >= 4 is 259 Å². The third-order valence-corrected chi connectivity index (χ3v) is 36.2. The van der Waals surface area contributed by atoms with Gasteiger partial charge in [0.2, 0.25) is 0 Å². The second-order valence-electron chi connectivity index (χ2n) is 31.1. The minimum absolute atomic E-state index is 0. The number of terminal acetylenes is 2. The van der Waals surface area contributed by atoms with Gasteiger partial charge in [-0.3, -0.25) is 0 Å². The molecule has 18 heteroatoms. The van der Waals surface area contributed by atoms with E-state index in [2.05, 4.69) is 394 Å². The monoisotopic (exact) mass is 2380 g/mol. The number of benzene rings is 10. The summed E-state index contributed by atoms with van der Waals surface area (Å²) in [5.41, 5.74) is 25.6. The van der Waals surface area contributed by atoms with Gasteiger partial charge in [-0.1, -0.05) is 70.7 Å². The molecule has 0 aliphatic heterocycles. The van der Waals surface area contributed by atoms with Gasteiger partial charge in [-0.15, -0.1) is 11.1 Å². The Kier molecular flexibility index (Phi) is 39.4. The van der Waals surface area contributed by atoms with Crippen molar-refractivity contribution in [1.82, 2.24) is 0 Å². The summed E-state index contributed by atoms with van der Waals surface area (Å²) in [6.45, 7) is 32.0. The molecule has 0 spiro atoms. The molecule has 118 heavy (non-hydrogen) atoms. The average Bonchev–Trinajstić information content (AvgIpc) is 0.936. The van der Waals surface area contributed by atoms with E-state index < -0.39 is 32.3 Å². The Bertz CT molecular complexity index is 6330. The zero-order chi connectivity index (χ0) is 80.5. The topological polar surface area (TPSA) is 0 Å². The van der Waals surface area contributed by atoms with Crippen LogP contribution in [0.25, 0.3) is 124 Å². The predicted molar refractivity (Wildman–Crippen MR) is 532 cm³/mol. The van der Waals surface area contributed by atoms with Crippen LogP contribution < -0.4 is 56.1 Å². The van der Waals surface area contributed by atoms with Crippen LogP contribution in [0.2, 0.25) is 78.6 Å². The summed E-state index contributed by atoms with van der Waals surface area (Å²) in [4.78, 5) is 14.2. The van der Waals surface area contributed by atoms with Crippen molar-refractivity contribution in [2.45, 2.75) is 99.8 Å². The second kappa shape index (κ2) is 45.7. The van der Waals surface area contributed by atoms with Crippen molar-refractivity contribution in [2.75, 3.05) is 0 Å². The first-order valence-corrected chi connectivity index (χ1v) is 68.9. The van der Waals surface area contributed by atoms with Crippen molar-refractivity contribution in [3.63, 3.8) is 0 Å². The van der Waals surface area contributed by atoms with Crippen LogP contribution in [0.15, 0.2) is 228 Å². The Balaban J connectivity index is 0.000000209. The summed E-state index contributed by atoms with van der Waals surface area (Å²) in [6, 6.07) is 71.1. The number of halogens is 4. The van der Waals surface area contributed by atoms with Crippen LogP contribution in [0.5, 0.6) is 0 Å². The van der Waals surface area contributed by atoms with E-state index in [0.29, 0.717) is 102 Å². The average molecular weight is 2380 g/mol. The number of hydrogen-bond donors (Lipinski definition) is 0. The van der Waals surface area contributed by atoms with Gasteiger partial charge in [0.05, 0.1) is 0 Å². The van der Waals surface area contributed by atoms with Crippen LogP contribution in [0.3, 0.4) is 0 Å². The third kappa shape index (κ3) is 25.3. The summed E-state index contributed by atoms with van der Waals surface area (Å²) < 4.78 is 13.8.